The number of rotatable bonds is 2. The molecule has 1 fully saturated rings. The van der Waals surface area contributed by atoms with Gasteiger partial charge in [-0.2, -0.15) is 0 Å². The molecule has 1 aliphatic rings. The second-order valence-electron chi connectivity index (χ2n) is 2.91. The zero-order valence-electron chi connectivity index (χ0n) is 7.09. The number of ether oxygens (including phenoxy) is 1. The molecular formula is C8H15NO2. The highest BCUT2D eigenvalue weighted by Crippen LogP contribution is 2.19. The van der Waals surface area contributed by atoms with Crippen LogP contribution in [0.1, 0.15) is 19.8 Å². The minimum absolute atomic E-state index is 0.0509. The lowest BCUT2D eigenvalue weighted by Gasteiger charge is -2.14. The van der Waals surface area contributed by atoms with Gasteiger partial charge in [-0.05, 0) is 18.9 Å². The van der Waals surface area contributed by atoms with Gasteiger partial charge in [-0.3, -0.25) is 4.79 Å². The van der Waals surface area contributed by atoms with E-state index in [0.717, 1.165) is 19.4 Å². The molecule has 1 N–H and O–H groups in total. The van der Waals surface area contributed by atoms with Gasteiger partial charge in [0.25, 0.3) is 0 Å². The van der Waals surface area contributed by atoms with Crippen molar-refractivity contribution in [2.75, 3.05) is 13.7 Å². The van der Waals surface area contributed by atoms with Crippen LogP contribution in [0.5, 0.6) is 0 Å². The van der Waals surface area contributed by atoms with Crippen molar-refractivity contribution < 1.29 is 9.53 Å². The molecular weight excluding hydrogens is 142 g/mol. The molecule has 0 bridgehead atoms. The maximum atomic E-state index is 11.1. The van der Waals surface area contributed by atoms with Gasteiger partial charge in [-0.15, -0.1) is 0 Å². The van der Waals surface area contributed by atoms with Crippen molar-refractivity contribution >= 4 is 5.97 Å². The highest BCUT2D eigenvalue weighted by molar-refractivity contribution is 5.76. The highest BCUT2D eigenvalue weighted by atomic mass is 16.5. The minimum atomic E-state index is -0.116. The quantitative estimate of drug-likeness (QED) is 0.595. The number of hydrogen-bond acceptors (Lipinski definition) is 3. The molecule has 0 radical (unpaired) electrons. The highest BCUT2D eigenvalue weighted by Gasteiger charge is 2.31. The van der Waals surface area contributed by atoms with Gasteiger partial charge in [-0.25, -0.2) is 0 Å². The Labute approximate surface area is 67.1 Å². The Morgan fingerprint density at radius 2 is 2.45 bits per heavy atom. The number of nitrogens with one attached hydrogen (secondary N) is 1. The first-order chi connectivity index (χ1) is 5.29. The van der Waals surface area contributed by atoms with E-state index in [9.17, 15) is 4.79 Å². The predicted molar refractivity (Wildman–Crippen MR) is 42.2 cm³/mol. The summed E-state index contributed by atoms with van der Waals surface area (Å²) in [5.74, 6) is 0.358. The van der Waals surface area contributed by atoms with Crippen molar-refractivity contribution in [1.29, 1.82) is 0 Å². The van der Waals surface area contributed by atoms with Crippen LogP contribution in [0.4, 0.5) is 0 Å². The lowest BCUT2D eigenvalue weighted by molar-refractivity contribution is -0.143. The van der Waals surface area contributed by atoms with Gasteiger partial charge < -0.3 is 10.1 Å². The van der Waals surface area contributed by atoms with Gasteiger partial charge in [0.15, 0.2) is 0 Å². The van der Waals surface area contributed by atoms with Crippen LogP contribution < -0.4 is 5.32 Å². The first-order valence-corrected chi connectivity index (χ1v) is 4.10. The molecule has 1 rings (SSSR count). The summed E-state index contributed by atoms with van der Waals surface area (Å²) in [6, 6.07) is -0.0509. The number of carbonyl (C=O) groups excluding carboxylic acids is 1. The molecule has 11 heavy (non-hydrogen) atoms. The van der Waals surface area contributed by atoms with E-state index in [1.54, 1.807) is 0 Å². The third-order valence-corrected chi connectivity index (χ3v) is 2.33. The first-order valence-electron chi connectivity index (χ1n) is 4.10. The molecule has 0 amide bonds. The summed E-state index contributed by atoms with van der Waals surface area (Å²) in [4.78, 5) is 11.1. The van der Waals surface area contributed by atoms with Gasteiger partial charge in [0.2, 0.25) is 0 Å². The van der Waals surface area contributed by atoms with Crippen LogP contribution in [0, 0.1) is 5.92 Å². The van der Waals surface area contributed by atoms with Gasteiger partial charge in [-0.1, -0.05) is 13.3 Å². The number of esters is 1. The van der Waals surface area contributed by atoms with Crippen LogP contribution in [0.25, 0.3) is 0 Å². The molecule has 0 aromatic rings. The molecule has 3 heteroatoms. The Morgan fingerprint density at radius 3 is 3.00 bits per heavy atom. The fourth-order valence-electron chi connectivity index (χ4n) is 1.60. The SMILES string of the molecule is CC[C@H]1CCN[C@@H]1C(=O)OC. The van der Waals surface area contributed by atoms with Crippen molar-refractivity contribution in [1.82, 2.24) is 5.32 Å². The van der Waals surface area contributed by atoms with E-state index in [1.807, 2.05) is 0 Å². The largest absolute Gasteiger partial charge is 0.468 e. The van der Waals surface area contributed by atoms with Crippen molar-refractivity contribution in [2.45, 2.75) is 25.8 Å². The summed E-state index contributed by atoms with van der Waals surface area (Å²) in [6.07, 6.45) is 2.14. The van der Waals surface area contributed by atoms with E-state index in [2.05, 4.69) is 17.0 Å². The van der Waals surface area contributed by atoms with Crippen molar-refractivity contribution in [3.63, 3.8) is 0 Å². The Morgan fingerprint density at radius 1 is 1.73 bits per heavy atom. The lowest BCUT2D eigenvalue weighted by Crippen LogP contribution is -2.36. The summed E-state index contributed by atoms with van der Waals surface area (Å²) >= 11 is 0. The molecule has 2 atom stereocenters. The fourth-order valence-corrected chi connectivity index (χ4v) is 1.60. The van der Waals surface area contributed by atoms with Gasteiger partial charge in [0, 0.05) is 0 Å². The summed E-state index contributed by atoms with van der Waals surface area (Å²) in [5.41, 5.74) is 0. The molecule has 0 aliphatic carbocycles. The van der Waals surface area contributed by atoms with Crippen molar-refractivity contribution in [3.8, 4) is 0 Å². The maximum absolute atomic E-state index is 11.1. The Balaban J connectivity index is 2.49. The monoisotopic (exact) mass is 157 g/mol. The van der Waals surface area contributed by atoms with E-state index < -0.39 is 0 Å². The second kappa shape index (κ2) is 3.72. The maximum Gasteiger partial charge on any atom is 0.323 e. The second-order valence-corrected chi connectivity index (χ2v) is 2.91. The van der Waals surface area contributed by atoms with Crippen LogP contribution >= 0.6 is 0 Å². The molecule has 0 unspecified atom stereocenters. The molecule has 1 aliphatic heterocycles. The van der Waals surface area contributed by atoms with E-state index in [0.29, 0.717) is 5.92 Å². The van der Waals surface area contributed by atoms with Crippen molar-refractivity contribution in [3.05, 3.63) is 0 Å². The predicted octanol–water partition coefficient (Wildman–Crippen LogP) is 0.547. The van der Waals surface area contributed by atoms with E-state index in [-0.39, 0.29) is 12.0 Å². The zero-order valence-corrected chi connectivity index (χ0v) is 7.09. The summed E-state index contributed by atoms with van der Waals surface area (Å²) in [5, 5.41) is 3.13. The van der Waals surface area contributed by atoms with E-state index in [1.165, 1.54) is 7.11 Å². The van der Waals surface area contributed by atoms with Crippen LogP contribution in [0.3, 0.4) is 0 Å². The molecule has 3 nitrogen and oxygen atoms in total. The molecule has 1 saturated heterocycles. The van der Waals surface area contributed by atoms with Crippen LogP contribution in [0.2, 0.25) is 0 Å². The average molecular weight is 157 g/mol. The average Bonchev–Trinajstić information content (AvgIpc) is 2.50. The zero-order chi connectivity index (χ0) is 8.27. The smallest absolute Gasteiger partial charge is 0.323 e. The first kappa shape index (κ1) is 8.53. The standard InChI is InChI=1S/C8H15NO2/c1-3-6-4-5-9-7(6)8(10)11-2/h6-7,9H,3-5H2,1-2H3/t6-,7-/m0/s1. The molecule has 1 heterocycles. The minimum Gasteiger partial charge on any atom is -0.468 e. The number of hydrogen-bond donors (Lipinski definition) is 1. The Hall–Kier alpha value is -0.570. The van der Waals surface area contributed by atoms with Gasteiger partial charge in [0.05, 0.1) is 7.11 Å². The third-order valence-electron chi connectivity index (χ3n) is 2.33. The third kappa shape index (κ3) is 1.71. The normalized spacial score (nSPS) is 30.4. The number of methoxy groups -OCH3 is 1. The number of carbonyl (C=O) groups is 1. The molecule has 0 saturated carbocycles. The van der Waals surface area contributed by atoms with E-state index >= 15 is 0 Å². The molecule has 0 aromatic carbocycles. The van der Waals surface area contributed by atoms with Crippen LogP contribution in [-0.4, -0.2) is 25.7 Å². The molecule has 0 spiro atoms. The summed E-state index contributed by atoms with van der Waals surface area (Å²) in [6.45, 7) is 3.05. The van der Waals surface area contributed by atoms with Gasteiger partial charge in [0.1, 0.15) is 6.04 Å². The Bertz CT molecular complexity index is 147. The molecule has 0 aromatic heterocycles. The van der Waals surface area contributed by atoms with E-state index in [4.69, 9.17) is 0 Å². The summed E-state index contributed by atoms with van der Waals surface area (Å²) in [7, 11) is 1.44. The Kier molecular flexibility index (Phi) is 2.88. The van der Waals surface area contributed by atoms with Gasteiger partial charge >= 0.3 is 5.97 Å². The lowest BCUT2D eigenvalue weighted by atomic mass is 9.98. The van der Waals surface area contributed by atoms with Crippen LogP contribution in [0.15, 0.2) is 0 Å². The fraction of sp³-hybridized carbons (Fsp3) is 0.875. The van der Waals surface area contributed by atoms with Crippen molar-refractivity contribution in [2.24, 2.45) is 5.92 Å². The summed E-state index contributed by atoms with van der Waals surface area (Å²) < 4.78 is 4.66. The molecule has 64 valence electrons. The topological polar surface area (TPSA) is 38.3 Å². The van der Waals surface area contributed by atoms with Crippen LogP contribution in [-0.2, 0) is 9.53 Å².